The third kappa shape index (κ3) is 26.4. The van der Waals surface area contributed by atoms with Crippen molar-refractivity contribution in [1.29, 1.82) is 0 Å². The third-order valence-corrected chi connectivity index (χ3v) is 9.50. The Bertz CT molecular complexity index is 965. The maximum Gasteiger partial charge on any atom is 0.306 e. The summed E-state index contributed by atoms with van der Waals surface area (Å²) < 4.78 is 22.0. The molecule has 0 radical (unpaired) electrons. The normalized spacial score (nSPS) is 21.2. The molecule has 10 nitrogen and oxygen atoms in total. The van der Waals surface area contributed by atoms with E-state index in [1.165, 1.54) is 70.6 Å². The molecule has 0 aromatic carbocycles. The first-order valence-electron chi connectivity index (χ1n) is 21.1. The number of unbranched alkanes of at least 4 members (excludes halogenated alkanes) is 17. The second-order valence-corrected chi connectivity index (χ2v) is 14.4. The van der Waals surface area contributed by atoms with Gasteiger partial charge in [-0.05, 0) is 57.8 Å². The summed E-state index contributed by atoms with van der Waals surface area (Å²) in [6.45, 7) is 3.32. The molecule has 0 spiro atoms. The van der Waals surface area contributed by atoms with Crippen molar-refractivity contribution < 1.29 is 49.0 Å². The summed E-state index contributed by atoms with van der Waals surface area (Å²) in [7, 11) is 0. The van der Waals surface area contributed by atoms with Crippen LogP contribution in [0.3, 0.4) is 0 Å². The van der Waals surface area contributed by atoms with Crippen LogP contribution in [0.1, 0.15) is 168 Å². The highest BCUT2D eigenvalue weighted by Crippen LogP contribution is 2.22. The van der Waals surface area contributed by atoms with Gasteiger partial charge in [0.2, 0.25) is 0 Å². The molecule has 1 aliphatic rings. The molecule has 2 unspecified atom stereocenters. The van der Waals surface area contributed by atoms with Gasteiger partial charge < -0.3 is 39.4 Å². The van der Waals surface area contributed by atoms with Crippen molar-refractivity contribution in [2.75, 3.05) is 19.8 Å². The summed E-state index contributed by atoms with van der Waals surface area (Å²) in [6.07, 6.45) is 30.2. The van der Waals surface area contributed by atoms with Crippen LogP contribution in [0.15, 0.2) is 36.5 Å². The average molecular weight is 753 g/mol. The van der Waals surface area contributed by atoms with E-state index in [-0.39, 0.29) is 26.1 Å². The first-order chi connectivity index (χ1) is 25.8. The molecular formula is C43H76O10. The molecule has 6 atom stereocenters. The Hall–Kier alpha value is -2.08. The van der Waals surface area contributed by atoms with Crippen molar-refractivity contribution in [2.24, 2.45) is 0 Å². The number of ether oxygens (including phenoxy) is 4. The van der Waals surface area contributed by atoms with Gasteiger partial charge in [0.25, 0.3) is 0 Å². The van der Waals surface area contributed by atoms with Crippen molar-refractivity contribution in [3.8, 4) is 0 Å². The monoisotopic (exact) mass is 753 g/mol. The lowest BCUT2D eigenvalue weighted by atomic mass is 9.99. The number of hydrogen-bond acceptors (Lipinski definition) is 10. The molecule has 0 aromatic rings. The van der Waals surface area contributed by atoms with Crippen LogP contribution in [-0.4, -0.2) is 89.0 Å². The lowest BCUT2D eigenvalue weighted by Gasteiger charge is -2.39. The van der Waals surface area contributed by atoms with Gasteiger partial charge in [-0.1, -0.05) is 134 Å². The standard InChI is InChI=1S/C43H76O10/c1-3-5-7-9-11-13-15-16-17-18-19-20-22-23-25-27-29-31-38(45)50-34-36(35-51-43-42(49)41(48)40(47)37(33-44)53-43)52-39(46)32-30-28-26-24-21-14-12-10-8-6-4-2/h10,12,19-20,23,25,36-37,40-44,47-49H,3-9,11,13-18,21-22,24,26-35H2,1-2H3/b12-10+,20-19+,25-23+/t36-,37-,40+,41?,42?,43-/m0/s1. The summed E-state index contributed by atoms with van der Waals surface area (Å²) in [4.78, 5) is 25.2. The van der Waals surface area contributed by atoms with Crippen molar-refractivity contribution in [1.82, 2.24) is 0 Å². The van der Waals surface area contributed by atoms with Gasteiger partial charge in [-0.3, -0.25) is 9.59 Å². The highest BCUT2D eigenvalue weighted by Gasteiger charge is 2.44. The molecule has 0 saturated carbocycles. The zero-order chi connectivity index (χ0) is 38.8. The summed E-state index contributed by atoms with van der Waals surface area (Å²) >= 11 is 0. The van der Waals surface area contributed by atoms with Crippen molar-refractivity contribution in [3.63, 3.8) is 0 Å². The molecule has 1 saturated heterocycles. The van der Waals surface area contributed by atoms with E-state index < -0.39 is 55.4 Å². The molecular weight excluding hydrogens is 676 g/mol. The highest BCUT2D eigenvalue weighted by atomic mass is 16.7. The van der Waals surface area contributed by atoms with Gasteiger partial charge in [0, 0.05) is 12.8 Å². The molecule has 1 fully saturated rings. The topological polar surface area (TPSA) is 152 Å². The number of allylic oxidation sites excluding steroid dienone is 6. The van der Waals surface area contributed by atoms with E-state index in [2.05, 4.69) is 50.3 Å². The lowest BCUT2D eigenvalue weighted by molar-refractivity contribution is -0.305. The molecule has 1 rings (SSSR count). The number of carbonyl (C=O) groups is 2. The van der Waals surface area contributed by atoms with Gasteiger partial charge in [0.05, 0.1) is 13.2 Å². The average Bonchev–Trinajstić information content (AvgIpc) is 3.15. The van der Waals surface area contributed by atoms with E-state index in [1.807, 2.05) is 0 Å². The minimum Gasteiger partial charge on any atom is -0.462 e. The number of hydrogen-bond donors (Lipinski definition) is 4. The fourth-order valence-electron chi connectivity index (χ4n) is 6.09. The number of rotatable bonds is 34. The predicted molar refractivity (Wildman–Crippen MR) is 210 cm³/mol. The van der Waals surface area contributed by atoms with Gasteiger partial charge in [-0.15, -0.1) is 0 Å². The molecule has 10 heteroatoms. The third-order valence-electron chi connectivity index (χ3n) is 9.50. The second kappa shape index (κ2) is 34.4. The molecule has 0 aliphatic carbocycles. The van der Waals surface area contributed by atoms with Crippen LogP contribution in [-0.2, 0) is 28.5 Å². The molecule has 0 bridgehead atoms. The fourth-order valence-corrected chi connectivity index (χ4v) is 6.09. The summed E-state index contributed by atoms with van der Waals surface area (Å²) in [5.74, 6) is -0.872. The van der Waals surface area contributed by atoms with E-state index in [0.29, 0.717) is 12.8 Å². The maximum absolute atomic E-state index is 12.7. The summed E-state index contributed by atoms with van der Waals surface area (Å²) in [6, 6.07) is 0. The van der Waals surface area contributed by atoms with E-state index in [0.717, 1.165) is 57.8 Å². The van der Waals surface area contributed by atoms with Crippen molar-refractivity contribution in [3.05, 3.63) is 36.5 Å². The van der Waals surface area contributed by atoms with Gasteiger partial charge in [0.15, 0.2) is 12.4 Å². The molecule has 308 valence electrons. The Morgan fingerprint density at radius 2 is 1.09 bits per heavy atom. The minimum absolute atomic E-state index is 0.210. The molecule has 1 heterocycles. The summed E-state index contributed by atoms with van der Waals surface area (Å²) in [5.41, 5.74) is 0. The number of carbonyl (C=O) groups excluding carboxylic acids is 2. The molecule has 1 aliphatic heterocycles. The largest absolute Gasteiger partial charge is 0.462 e. The molecule has 0 amide bonds. The quantitative estimate of drug-likeness (QED) is 0.0287. The van der Waals surface area contributed by atoms with E-state index in [9.17, 15) is 30.0 Å². The van der Waals surface area contributed by atoms with Gasteiger partial charge in [0.1, 0.15) is 31.0 Å². The van der Waals surface area contributed by atoms with Crippen LogP contribution >= 0.6 is 0 Å². The smallest absolute Gasteiger partial charge is 0.306 e. The zero-order valence-electron chi connectivity index (χ0n) is 33.3. The summed E-state index contributed by atoms with van der Waals surface area (Å²) in [5, 5.41) is 39.9. The van der Waals surface area contributed by atoms with Crippen LogP contribution in [0.4, 0.5) is 0 Å². The van der Waals surface area contributed by atoms with Crippen molar-refractivity contribution >= 4 is 11.9 Å². The van der Waals surface area contributed by atoms with Crippen LogP contribution in [0, 0.1) is 0 Å². The van der Waals surface area contributed by atoms with Crippen LogP contribution < -0.4 is 0 Å². The predicted octanol–water partition coefficient (Wildman–Crippen LogP) is 8.33. The van der Waals surface area contributed by atoms with Gasteiger partial charge >= 0.3 is 11.9 Å². The Balaban J connectivity index is 2.38. The lowest BCUT2D eigenvalue weighted by Crippen LogP contribution is -2.59. The zero-order valence-corrected chi connectivity index (χ0v) is 33.3. The Morgan fingerprint density at radius 1 is 0.585 bits per heavy atom. The number of esters is 2. The second-order valence-electron chi connectivity index (χ2n) is 14.4. The van der Waals surface area contributed by atoms with E-state index >= 15 is 0 Å². The Morgan fingerprint density at radius 3 is 1.70 bits per heavy atom. The highest BCUT2D eigenvalue weighted by molar-refractivity contribution is 5.70. The first-order valence-corrected chi connectivity index (χ1v) is 21.1. The maximum atomic E-state index is 12.7. The number of aliphatic hydroxyl groups excluding tert-OH is 4. The Kier molecular flexibility index (Phi) is 31.8. The number of aliphatic hydroxyl groups is 4. The van der Waals surface area contributed by atoms with E-state index in [1.54, 1.807) is 0 Å². The van der Waals surface area contributed by atoms with Gasteiger partial charge in [-0.25, -0.2) is 0 Å². The first kappa shape index (κ1) is 48.9. The molecule has 4 N–H and O–H groups in total. The molecule has 53 heavy (non-hydrogen) atoms. The van der Waals surface area contributed by atoms with Crippen LogP contribution in [0.2, 0.25) is 0 Å². The van der Waals surface area contributed by atoms with Crippen LogP contribution in [0.25, 0.3) is 0 Å². The molecule has 0 aromatic heterocycles. The fraction of sp³-hybridized carbons (Fsp3) is 0.814. The minimum atomic E-state index is -1.60. The van der Waals surface area contributed by atoms with Crippen LogP contribution in [0.5, 0.6) is 0 Å². The van der Waals surface area contributed by atoms with Crippen molar-refractivity contribution in [2.45, 2.75) is 205 Å². The SMILES string of the molecule is CCCC/C=C/CCCCCCCC(=O)O[C@@H](COC(=O)CCC/C=C/C/C=C/CCCCCCCCCCC)CO[C@H]1O[C@@H](CO)[C@@H](O)C(O)C1O. The van der Waals surface area contributed by atoms with Gasteiger partial charge in [-0.2, -0.15) is 0 Å². The Labute approximate surface area is 321 Å². The van der Waals surface area contributed by atoms with E-state index in [4.69, 9.17) is 18.9 Å².